The molecule has 10 heteroatoms. The van der Waals surface area contributed by atoms with Crippen molar-refractivity contribution in [3.05, 3.63) is 47.6 Å². The molecular weight excluding hydrogens is 312 g/mol. The van der Waals surface area contributed by atoms with Crippen molar-refractivity contribution in [3.63, 3.8) is 0 Å². The Hall–Kier alpha value is -3.17. The van der Waals surface area contributed by atoms with E-state index in [2.05, 4.69) is 20.5 Å². The summed E-state index contributed by atoms with van der Waals surface area (Å²) < 4.78 is 31.0. The fourth-order valence-corrected chi connectivity index (χ4v) is 1.85. The summed E-state index contributed by atoms with van der Waals surface area (Å²) in [5.74, 6) is -1.88. The van der Waals surface area contributed by atoms with Gasteiger partial charge in [-0.25, -0.2) is 9.48 Å². The number of hydrogen-bond donors (Lipinski definition) is 1. The van der Waals surface area contributed by atoms with Crippen LogP contribution in [0.15, 0.2) is 34.9 Å². The highest BCUT2D eigenvalue weighted by molar-refractivity contribution is 5.84. The molecule has 0 fully saturated rings. The number of hydrogen-bond acceptors (Lipinski definition) is 6. The molecule has 8 nitrogen and oxygen atoms in total. The molecule has 3 aromatic rings. The van der Waals surface area contributed by atoms with Crippen molar-refractivity contribution >= 4 is 5.97 Å². The van der Waals surface area contributed by atoms with Crippen molar-refractivity contribution in [1.29, 1.82) is 0 Å². The normalized spacial score (nSPS) is 11.1. The molecule has 0 saturated heterocycles. The van der Waals surface area contributed by atoms with Crippen LogP contribution in [0.1, 0.15) is 28.4 Å². The number of rotatable bonds is 5. The first-order chi connectivity index (χ1) is 11.0. The minimum Gasteiger partial charge on any atom is -0.476 e. The van der Waals surface area contributed by atoms with E-state index in [4.69, 9.17) is 9.52 Å². The second-order valence-corrected chi connectivity index (χ2v) is 4.55. The summed E-state index contributed by atoms with van der Waals surface area (Å²) in [5, 5.41) is 22.8. The molecule has 0 unspecified atom stereocenters. The Labute approximate surface area is 127 Å². The number of halogens is 2. The molecule has 0 atom stereocenters. The van der Waals surface area contributed by atoms with E-state index < -0.39 is 18.3 Å². The van der Waals surface area contributed by atoms with Crippen molar-refractivity contribution in [2.75, 3.05) is 0 Å². The van der Waals surface area contributed by atoms with Crippen LogP contribution in [0.2, 0.25) is 0 Å². The van der Waals surface area contributed by atoms with Gasteiger partial charge in [-0.05, 0) is 17.7 Å². The van der Waals surface area contributed by atoms with Gasteiger partial charge in [-0.1, -0.05) is 17.3 Å². The molecule has 0 bridgehead atoms. The predicted molar refractivity (Wildman–Crippen MR) is 70.8 cm³/mol. The fraction of sp³-hybridized carbons (Fsp3) is 0.154. The zero-order valence-corrected chi connectivity index (χ0v) is 11.4. The zero-order valence-electron chi connectivity index (χ0n) is 11.4. The number of carboxylic acid groups (broad SMARTS) is 1. The maximum absolute atomic E-state index is 12.4. The maximum Gasteiger partial charge on any atom is 0.358 e. The second kappa shape index (κ2) is 5.91. The van der Waals surface area contributed by atoms with E-state index in [1.807, 2.05) is 0 Å². The summed E-state index contributed by atoms with van der Waals surface area (Å²) in [7, 11) is 0. The van der Waals surface area contributed by atoms with Crippen LogP contribution in [-0.2, 0) is 6.54 Å². The average Bonchev–Trinajstić information content (AvgIpc) is 3.17. The van der Waals surface area contributed by atoms with Gasteiger partial charge in [-0.2, -0.15) is 8.78 Å². The van der Waals surface area contributed by atoms with Gasteiger partial charge in [0, 0.05) is 5.56 Å². The van der Waals surface area contributed by atoms with E-state index in [0.717, 1.165) is 5.56 Å². The van der Waals surface area contributed by atoms with Crippen LogP contribution in [0.4, 0.5) is 8.78 Å². The zero-order chi connectivity index (χ0) is 16.4. The molecule has 118 valence electrons. The van der Waals surface area contributed by atoms with Crippen LogP contribution < -0.4 is 0 Å². The summed E-state index contributed by atoms with van der Waals surface area (Å²) in [4.78, 5) is 10.7. The van der Waals surface area contributed by atoms with E-state index in [0.29, 0.717) is 12.1 Å². The highest BCUT2D eigenvalue weighted by Gasteiger charge is 2.17. The van der Waals surface area contributed by atoms with Crippen LogP contribution >= 0.6 is 0 Å². The Bertz CT molecular complexity index is 828. The molecule has 2 heterocycles. The van der Waals surface area contributed by atoms with Crippen LogP contribution in [0, 0.1) is 0 Å². The second-order valence-electron chi connectivity index (χ2n) is 4.55. The van der Waals surface area contributed by atoms with Crippen molar-refractivity contribution < 1.29 is 23.1 Å². The lowest BCUT2D eigenvalue weighted by atomic mass is 10.1. The summed E-state index contributed by atoms with van der Waals surface area (Å²) in [6.07, 6.45) is -1.50. The Morgan fingerprint density at radius 3 is 2.52 bits per heavy atom. The topological polar surface area (TPSA) is 107 Å². The van der Waals surface area contributed by atoms with E-state index in [9.17, 15) is 13.6 Å². The molecule has 0 aliphatic rings. The number of benzene rings is 1. The number of aromatic nitrogens is 5. The molecule has 0 saturated carbocycles. The Morgan fingerprint density at radius 1 is 1.22 bits per heavy atom. The van der Waals surface area contributed by atoms with Crippen LogP contribution in [0.3, 0.4) is 0 Å². The van der Waals surface area contributed by atoms with Gasteiger partial charge in [-0.15, -0.1) is 15.3 Å². The van der Waals surface area contributed by atoms with Gasteiger partial charge in [0.25, 0.3) is 5.89 Å². The van der Waals surface area contributed by atoms with Gasteiger partial charge in [-0.3, -0.25) is 0 Å². The number of carboxylic acids is 1. The van der Waals surface area contributed by atoms with E-state index in [-0.39, 0.29) is 11.6 Å². The van der Waals surface area contributed by atoms with Crippen molar-refractivity contribution in [2.45, 2.75) is 13.0 Å². The summed E-state index contributed by atoms with van der Waals surface area (Å²) in [5.41, 5.74) is 1.16. The number of alkyl halides is 2. The van der Waals surface area contributed by atoms with Gasteiger partial charge >= 0.3 is 12.4 Å². The van der Waals surface area contributed by atoms with Crippen molar-refractivity contribution in [3.8, 4) is 11.5 Å². The number of carbonyl (C=O) groups is 1. The third-order valence-corrected chi connectivity index (χ3v) is 2.93. The third-order valence-electron chi connectivity index (χ3n) is 2.93. The van der Waals surface area contributed by atoms with E-state index in [1.54, 1.807) is 24.3 Å². The standard InChI is InChI=1S/C13H9F2N5O3/c14-10(15)12-18-17-11(23-12)8-3-1-7(2-4-8)5-20-6-9(13(21)22)16-19-20/h1-4,6,10H,5H2,(H,21,22). The van der Waals surface area contributed by atoms with Crippen LogP contribution in [-0.4, -0.2) is 36.3 Å². The molecule has 1 N–H and O–H groups in total. The Morgan fingerprint density at radius 2 is 1.96 bits per heavy atom. The van der Waals surface area contributed by atoms with Gasteiger partial charge < -0.3 is 9.52 Å². The average molecular weight is 321 g/mol. The summed E-state index contributed by atoms with van der Waals surface area (Å²) >= 11 is 0. The van der Waals surface area contributed by atoms with Crippen LogP contribution in [0.25, 0.3) is 11.5 Å². The fourth-order valence-electron chi connectivity index (χ4n) is 1.85. The molecule has 0 aliphatic heterocycles. The Balaban J connectivity index is 1.74. The van der Waals surface area contributed by atoms with E-state index in [1.165, 1.54) is 10.9 Å². The van der Waals surface area contributed by atoms with Gasteiger partial charge in [0.05, 0.1) is 12.7 Å². The molecule has 0 radical (unpaired) electrons. The summed E-state index contributed by atoms with van der Waals surface area (Å²) in [6, 6.07) is 6.69. The summed E-state index contributed by atoms with van der Waals surface area (Å²) in [6.45, 7) is 0.312. The monoisotopic (exact) mass is 321 g/mol. The molecule has 0 aliphatic carbocycles. The highest BCUT2D eigenvalue weighted by atomic mass is 19.3. The van der Waals surface area contributed by atoms with Crippen LogP contribution in [0.5, 0.6) is 0 Å². The van der Waals surface area contributed by atoms with Gasteiger partial charge in [0.15, 0.2) is 5.69 Å². The molecule has 0 amide bonds. The first-order valence-electron chi connectivity index (χ1n) is 6.37. The third kappa shape index (κ3) is 3.20. The molecule has 0 spiro atoms. The molecule has 23 heavy (non-hydrogen) atoms. The number of aromatic carboxylic acids is 1. The SMILES string of the molecule is O=C(O)c1cn(Cc2ccc(-c3nnc(C(F)F)o3)cc2)nn1. The van der Waals surface area contributed by atoms with Gasteiger partial charge in [0.1, 0.15) is 0 Å². The quantitative estimate of drug-likeness (QED) is 0.766. The Kier molecular flexibility index (Phi) is 3.79. The minimum atomic E-state index is -2.81. The first kappa shape index (κ1) is 14.8. The largest absolute Gasteiger partial charge is 0.476 e. The smallest absolute Gasteiger partial charge is 0.358 e. The molecule has 3 rings (SSSR count). The molecular formula is C13H9F2N5O3. The minimum absolute atomic E-state index is 0.000712. The van der Waals surface area contributed by atoms with Gasteiger partial charge in [0.2, 0.25) is 5.89 Å². The van der Waals surface area contributed by atoms with Crippen molar-refractivity contribution in [2.24, 2.45) is 0 Å². The number of nitrogens with zero attached hydrogens (tertiary/aromatic N) is 5. The lowest BCUT2D eigenvalue weighted by Gasteiger charge is -2.01. The molecule has 1 aromatic carbocycles. The van der Waals surface area contributed by atoms with E-state index >= 15 is 0 Å². The molecule has 2 aromatic heterocycles. The predicted octanol–water partition coefficient (Wildman–Crippen LogP) is 2.01. The highest BCUT2D eigenvalue weighted by Crippen LogP contribution is 2.23. The lowest BCUT2D eigenvalue weighted by molar-refractivity contribution is 0.0690. The first-order valence-corrected chi connectivity index (χ1v) is 6.37. The maximum atomic E-state index is 12.4. The van der Waals surface area contributed by atoms with Crippen molar-refractivity contribution in [1.82, 2.24) is 25.2 Å². The lowest BCUT2D eigenvalue weighted by Crippen LogP contribution is -2.00.